The van der Waals surface area contributed by atoms with E-state index >= 15 is 0 Å². The third-order valence-electron chi connectivity index (χ3n) is 7.79. The van der Waals surface area contributed by atoms with Gasteiger partial charge in [0.05, 0.1) is 28.3 Å². The van der Waals surface area contributed by atoms with E-state index in [4.69, 9.17) is 11.6 Å². The number of ketones is 1. The predicted octanol–water partition coefficient (Wildman–Crippen LogP) is 4.14. The Kier molecular flexibility index (Phi) is 8.97. The van der Waals surface area contributed by atoms with Crippen molar-refractivity contribution in [2.75, 3.05) is 31.5 Å². The number of fused-ring (bicyclic) bond motifs is 1. The molecular formula is C31H31ClN6O5. The molecule has 4 N–H and O–H groups in total. The molecular weight excluding hydrogens is 572 g/mol. The van der Waals surface area contributed by atoms with Gasteiger partial charge in [0.2, 0.25) is 17.6 Å². The van der Waals surface area contributed by atoms with Crippen molar-refractivity contribution in [3.05, 3.63) is 76.2 Å². The van der Waals surface area contributed by atoms with Crippen molar-refractivity contribution in [2.24, 2.45) is 0 Å². The highest BCUT2D eigenvalue weighted by molar-refractivity contribution is 6.36. The second kappa shape index (κ2) is 13.0. The van der Waals surface area contributed by atoms with Crippen LogP contribution in [-0.4, -0.2) is 75.7 Å². The summed E-state index contributed by atoms with van der Waals surface area (Å²) in [4.78, 5) is 58.0. The second-order valence-corrected chi connectivity index (χ2v) is 11.0. The van der Waals surface area contributed by atoms with Gasteiger partial charge in [-0.3, -0.25) is 14.4 Å². The van der Waals surface area contributed by atoms with Gasteiger partial charge in [0.25, 0.3) is 0 Å². The van der Waals surface area contributed by atoms with Crippen LogP contribution >= 0.6 is 11.6 Å². The van der Waals surface area contributed by atoms with Crippen LogP contribution < -0.4 is 10.6 Å². The molecule has 1 atom stereocenters. The van der Waals surface area contributed by atoms with Gasteiger partial charge in [-0.25, -0.2) is 4.79 Å². The topological polar surface area (TPSA) is 159 Å². The lowest BCUT2D eigenvalue weighted by molar-refractivity contribution is -0.140. The number of carboxylic acid groups (broad SMARTS) is 1. The van der Waals surface area contributed by atoms with Crippen LogP contribution in [0.2, 0.25) is 5.02 Å². The van der Waals surface area contributed by atoms with Crippen LogP contribution in [0.3, 0.4) is 0 Å². The lowest BCUT2D eigenvalue weighted by Crippen LogP contribution is -2.49. The molecule has 0 aliphatic carbocycles. The van der Waals surface area contributed by atoms with Crippen LogP contribution in [0.4, 0.5) is 5.69 Å². The summed E-state index contributed by atoms with van der Waals surface area (Å²) in [5.74, 6) is -2.17. The van der Waals surface area contributed by atoms with Gasteiger partial charge >= 0.3 is 5.97 Å². The first kappa shape index (κ1) is 29.7. The van der Waals surface area contributed by atoms with E-state index in [9.17, 15) is 29.5 Å². The summed E-state index contributed by atoms with van der Waals surface area (Å²) in [6.45, 7) is 1.79. The first-order valence-electron chi connectivity index (χ1n) is 14.1. The number of Topliss-reactive ketones (excluding diaryl/α,β-unsaturated/α-hetero) is 1. The molecule has 2 fully saturated rings. The molecule has 43 heavy (non-hydrogen) atoms. The van der Waals surface area contributed by atoms with Crippen molar-refractivity contribution in [3.63, 3.8) is 0 Å². The molecule has 0 radical (unpaired) electrons. The summed E-state index contributed by atoms with van der Waals surface area (Å²) in [5.41, 5.74) is 0.949. The maximum absolute atomic E-state index is 13.7. The van der Waals surface area contributed by atoms with Gasteiger partial charge < -0.3 is 30.5 Å². The van der Waals surface area contributed by atoms with E-state index in [1.165, 1.54) is 24.3 Å². The van der Waals surface area contributed by atoms with E-state index in [1.54, 1.807) is 28.1 Å². The number of amides is 2. The van der Waals surface area contributed by atoms with Crippen molar-refractivity contribution in [2.45, 2.75) is 38.1 Å². The maximum Gasteiger partial charge on any atom is 0.335 e. The Morgan fingerprint density at radius 3 is 2.42 bits per heavy atom. The lowest BCUT2D eigenvalue weighted by atomic mass is 10.0. The SMILES string of the molecule is N#C/C(C(=O)c1ccc(C(=O)O)cc1)=C(\Nc1cccc2c(Cl)c[nH]c12)N[C@H]1CCCCN(CC(=O)N2CCCC2)C1=O. The van der Waals surface area contributed by atoms with Crippen molar-refractivity contribution in [1.29, 1.82) is 5.26 Å². The van der Waals surface area contributed by atoms with E-state index in [2.05, 4.69) is 15.6 Å². The van der Waals surface area contributed by atoms with Crippen molar-refractivity contribution in [3.8, 4) is 6.07 Å². The molecule has 11 nitrogen and oxygen atoms in total. The number of carbonyl (C=O) groups is 4. The fourth-order valence-corrected chi connectivity index (χ4v) is 5.67. The number of para-hydroxylation sites is 1. The number of carboxylic acids is 1. The van der Waals surface area contributed by atoms with Gasteiger partial charge in [-0.05, 0) is 50.3 Å². The molecule has 2 aliphatic rings. The number of allylic oxidation sites excluding steroid dienone is 1. The molecule has 3 aromatic rings. The zero-order valence-electron chi connectivity index (χ0n) is 23.4. The van der Waals surface area contributed by atoms with E-state index < -0.39 is 17.8 Å². The summed E-state index contributed by atoms with van der Waals surface area (Å²) >= 11 is 6.32. The smallest absolute Gasteiger partial charge is 0.335 e. The number of halogens is 1. The number of aromatic nitrogens is 1. The highest BCUT2D eigenvalue weighted by Gasteiger charge is 2.32. The van der Waals surface area contributed by atoms with Crippen LogP contribution in [0.15, 0.2) is 60.1 Å². The minimum absolute atomic E-state index is 0.00145. The molecule has 2 saturated heterocycles. The number of hydrogen-bond donors (Lipinski definition) is 4. The molecule has 2 aliphatic heterocycles. The molecule has 2 amide bonds. The van der Waals surface area contributed by atoms with E-state index in [0.29, 0.717) is 55.1 Å². The molecule has 1 aromatic heterocycles. The quantitative estimate of drug-likeness (QED) is 0.162. The number of carbonyl (C=O) groups excluding carboxylic acids is 3. The zero-order valence-corrected chi connectivity index (χ0v) is 24.1. The van der Waals surface area contributed by atoms with Crippen LogP contribution in [-0.2, 0) is 9.59 Å². The van der Waals surface area contributed by atoms with Gasteiger partial charge in [-0.15, -0.1) is 0 Å². The molecule has 0 bridgehead atoms. The predicted molar refractivity (Wildman–Crippen MR) is 160 cm³/mol. The molecule has 3 heterocycles. The summed E-state index contributed by atoms with van der Waals surface area (Å²) in [7, 11) is 0. The average Bonchev–Trinajstić information content (AvgIpc) is 3.65. The Bertz CT molecular complexity index is 1630. The molecule has 222 valence electrons. The minimum Gasteiger partial charge on any atom is -0.478 e. The second-order valence-electron chi connectivity index (χ2n) is 10.6. The van der Waals surface area contributed by atoms with Gasteiger partial charge in [-0.1, -0.05) is 35.9 Å². The molecule has 5 rings (SSSR count). The number of hydrogen-bond acceptors (Lipinski definition) is 7. The lowest BCUT2D eigenvalue weighted by Gasteiger charge is -2.28. The molecule has 2 aromatic carbocycles. The molecule has 12 heteroatoms. The zero-order chi connectivity index (χ0) is 30.5. The maximum atomic E-state index is 13.7. The van der Waals surface area contributed by atoms with Gasteiger partial charge in [-0.2, -0.15) is 5.26 Å². The molecule has 0 spiro atoms. The Balaban J connectivity index is 1.49. The summed E-state index contributed by atoms with van der Waals surface area (Å²) in [6.07, 6.45) is 5.36. The normalized spacial score (nSPS) is 17.7. The number of H-pyrrole nitrogens is 1. The number of rotatable bonds is 9. The number of nitrogens with zero attached hydrogens (tertiary/aromatic N) is 3. The summed E-state index contributed by atoms with van der Waals surface area (Å²) < 4.78 is 0. The number of anilines is 1. The number of likely N-dealkylation sites (tertiary alicyclic amines) is 2. The molecule has 0 unspecified atom stereocenters. The first-order valence-corrected chi connectivity index (χ1v) is 14.5. The van der Waals surface area contributed by atoms with E-state index in [1.807, 2.05) is 12.1 Å². The number of aromatic carboxylic acids is 1. The summed E-state index contributed by atoms with van der Waals surface area (Å²) in [5, 5.41) is 27.0. The highest BCUT2D eigenvalue weighted by Crippen LogP contribution is 2.30. The Morgan fingerprint density at radius 2 is 1.72 bits per heavy atom. The fourth-order valence-electron chi connectivity index (χ4n) is 5.46. The van der Waals surface area contributed by atoms with Gasteiger partial charge in [0.15, 0.2) is 0 Å². The number of benzene rings is 2. The van der Waals surface area contributed by atoms with Crippen LogP contribution in [0.1, 0.15) is 52.8 Å². The number of nitriles is 1. The van der Waals surface area contributed by atoms with Crippen molar-refractivity contribution >= 4 is 51.8 Å². The van der Waals surface area contributed by atoms with Crippen molar-refractivity contribution < 1.29 is 24.3 Å². The van der Waals surface area contributed by atoms with E-state index in [0.717, 1.165) is 18.2 Å². The third kappa shape index (κ3) is 6.49. The first-order chi connectivity index (χ1) is 20.8. The monoisotopic (exact) mass is 602 g/mol. The number of aromatic amines is 1. The van der Waals surface area contributed by atoms with Crippen molar-refractivity contribution in [1.82, 2.24) is 20.1 Å². The Labute approximate surface area is 253 Å². The third-order valence-corrected chi connectivity index (χ3v) is 8.10. The van der Waals surface area contributed by atoms with E-state index in [-0.39, 0.29) is 40.9 Å². The Hall–Kier alpha value is -4.82. The fraction of sp³-hybridized carbons (Fsp3) is 0.323. The highest BCUT2D eigenvalue weighted by atomic mass is 35.5. The van der Waals surface area contributed by atoms with Crippen LogP contribution in [0.5, 0.6) is 0 Å². The minimum atomic E-state index is -1.14. The van der Waals surface area contributed by atoms with Gasteiger partial charge in [0, 0.05) is 36.8 Å². The molecule has 0 saturated carbocycles. The average molecular weight is 603 g/mol. The summed E-state index contributed by atoms with van der Waals surface area (Å²) in [6, 6.07) is 11.8. The standard InChI is InChI=1S/C31H31ClN6O5/c32-23-17-34-27-21(23)6-5-8-24(27)35-29(22(16-33)28(40)19-9-11-20(12-10-19)31(42)43)36-25-7-1-2-15-38(30(25)41)18-26(39)37-13-3-4-14-37/h5-6,8-12,17,25,34-36H,1-4,7,13-15,18H2,(H,42,43)/b29-22-/t25-/m0/s1. The Morgan fingerprint density at radius 1 is 1.02 bits per heavy atom. The number of nitrogens with one attached hydrogen (secondary N) is 3. The van der Waals surface area contributed by atoms with Crippen LogP contribution in [0.25, 0.3) is 10.9 Å². The largest absolute Gasteiger partial charge is 0.478 e. The van der Waals surface area contributed by atoms with Crippen LogP contribution in [0, 0.1) is 11.3 Å². The van der Waals surface area contributed by atoms with Gasteiger partial charge in [0.1, 0.15) is 23.5 Å².